The van der Waals surface area contributed by atoms with Crippen LogP contribution in [0.4, 0.5) is 0 Å². The van der Waals surface area contributed by atoms with E-state index in [4.69, 9.17) is 23.9 Å². The molecule has 2 aromatic rings. The molecule has 1 aromatic carbocycles. The maximum absolute atomic E-state index is 5.91. The summed E-state index contributed by atoms with van der Waals surface area (Å²) in [6, 6.07) is 11.9. The van der Waals surface area contributed by atoms with Crippen molar-refractivity contribution in [2.45, 2.75) is 39.0 Å². The van der Waals surface area contributed by atoms with E-state index < -0.39 is 0 Å². The van der Waals surface area contributed by atoms with Gasteiger partial charge in [-0.3, -0.25) is 0 Å². The Hall–Kier alpha value is -2.84. The van der Waals surface area contributed by atoms with Gasteiger partial charge in [-0.25, -0.2) is 9.98 Å². The molecule has 0 bridgehead atoms. The van der Waals surface area contributed by atoms with Gasteiger partial charge < -0.3 is 29.6 Å². The molecule has 0 radical (unpaired) electrons. The molecule has 0 saturated carbocycles. The minimum Gasteiger partial charge on any atom is -0.497 e. The Bertz CT molecular complexity index is 823. The highest BCUT2D eigenvalue weighted by Gasteiger charge is 2.17. The number of benzene rings is 1. The summed E-state index contributed by atoms with van der Waals surface area (Å²) in [6.45, 7) is 6.78. The lowest BCUT2D eigenvalue weighted by Crippen LogP contribution is -2.37. The van der Waals surface area contributed by atoms with Crippen molar-refractivity contribution < 1.29 is 18.9 Å². The number of nitrogens with one attached hydrogen (secondary N) is 2. The van der Waals surface area contributed by atoms with Crippen molar-refractivity contribution in [3.63, 3.8) is 0 Å². The first-order chi connectivity index (χ1) is 15.8. The lowest BCUT2D eigenvalue weighted by Gasteiger charge is -2.14. The molecule has 32 heavy (non-hydrogen) atoms. The lowest BCUT2D eigenvalue weighted by atomic mass is 10.2. The van der Waals surface area contributed by atoms with E-state index in [0.717, 1.165) is 62.0 Å². The molecular formula is C24H34N4O4. The summed E-state index contributed by atoms with van der Waals surface area (Å²) in [5, 5.41) is 6.79. The van der Waals surface area contributed by atoms with Gasteiger partial charge in [-0.15, -0.1) is 0 Å². The van der Waals surface area contributed by atoms with E-state index in [-0.39, 0.29) is 6.10 Å². The summed E-state index contributed by atoms with van der Waals surface area (Å²) in [6.07, 6.45) is 3.65. The first-order valence-electron chi connectivity index (χ1n) is 11.2. The highest BCUT2D eigenvalue weighted by molar-refractivity contribution is 5.79. The second kappa shape index (κ2) is 13.5. The van der Waals surface area contributed by atoms with Crippen LogP contribution < -0.4 is 20.1 Å². The molecule has 2 N–H and O–H groups in total. The van der Waals surface area contributed by atoms with Crippen molar-refractivity contribution in [2.24, 2.45) is 4.99 Å². The van der Waals surface area contributed by atoms with E-state index in [0.29, 0.717) is 25.6 Å². The normalized spacial score (nSPS) is 16.1. The quantitative estimate of drug-likeness (QED) is 0.297. The molecule has 174 valence electrons. The maximum atomic E-state index is 5.91. The van der Waals surface area contributed by atoms with Gasteiger partial charge >= 0.3 is 0 Å². The van der Waals surface area contributed by atoms with Gasteiger partial charge in [0.15, 0.2) is 5.96 Å². The van der Waals surface area contributed by atoms with Gasteiger partial charge in [0.05, 0.1) is 26.9 Å². The number of rotatable bonds is 12. The van der Waals surface area contributed by atoms with Gasteiger partial charge in [0.1, 0.15) is 11.9 Å². The van der Waals surface area contributed by atoms with Crippen LogP contribution in [-0.4, -0.2) is 57.1 Å². The molecule has 0 spiro atoms. The molecule has 8 heteroatoms. The molecule has 1 aromatic heterocycles. The fraction of sp³-hybridized carbons (Fsp3) is 0.500. The summed E-state index contributed by atoms with van der Waals surface area (Å²) >= 11 is 0. The number of aromatic nitrogens is 1. The predicted octanol–water partition coefficient (Wildman–Crippen LogP) is 2.92. The predicted molar refractivity (Wildman–Crippen MR) is 124 cm³/mol. The summed E-state index contributed by atoms with van der Waals surface area (Å²) in [7, 11) is 1.67. The van der Waals surface area contributed by atoms with Crippen molar-refractivity contribution in [1.29, 1.82) is 0 Å². The number of ether oxygens (including phenoxy) is 4. The van der Waals surface area contributed by atoms with Gasteiger partial charge in [0.2, 0.25) is 5.88 Å². The van der Waals surface area contributed by atoms with Crippen molar-refractivity contribution in [3.8, 4) is 11.6 Å². The number of guanidine groups is 1. The van der Waals surface area contributed by atoms with Crippen LogP contribution >= 0.6 is 0 Å². The van der Waals surface area contributed by atoms with Gasteiger partial charge in [-0.1, -0.05) is 12.1 Å². The number of hydrogen-bond acceptors (Lipinski definition) is 6. The first-order valence-corrected chi connectivity index (χ1v) is 11.2. The SMILES string of the molecule is CCOCCCNC(=NCc1ccnc(OC2CCOC2)c1)NCc1ccc(OC)cc1. The average Bonchev–Trinajstić information content (AvgIpc) is 3.34. The van der Waals surface area contributed by atoms with Crippen molar-refractivity contribution in [2.75, 3.05) is 40.1 Å². The average molecular weight is 443 g/mol. The standard InChI is InChI=1S/C24H34N4O4/c1-3-30-13-4-11-26-24(27-16-19-5-7-21(29-2)8-6-19)28-17-20-9-12-25-23(15-20)32-22-10-14-31-18-22/h5-9,12,15,22H,3-4,10-11,13-14,16-18H2,1-2H3,(H2,26,27,28). The number of aliphatic imine (C=N–C) groups is 1. The molecule has 1 fully saturated rings. The summed E-state index contributed by atoms with van der Waals surface area (Å²) in [4.78, 5) is 9.07. The second-order valence-corrected chi connectivity index (χ2v) is 7.45. The fourth-order valence-corrected chi connectivity index (χ4v) is 3.19. The van der Waals surface area contributed by atoms with Crippen LogP contribution in [-0.2, 0) is 22.6 Å². The van der Waals surface area contributed by atoms with Crippen molar-refractivity contribution in [1.82, 2.24) is 15.6 Å². The van der Waals surface area contributed by atoms with Crippen LogP contribution in [0.25, 0.3) is 0 Å². The van der Waals surface area contributed by atoms with E-state index in [9.17, 15) is 0 Å². The largest absolute Gasteiger partial charge is 0.497 e. The van der Waals surface area contributed by atoms with Crippen LogP contribution in [0, 0.1) is 0 Å². The zero-order chi connectivity index (χ0) is 22.4. The Morgan fingerprint density at radius 1 is 1.19 bits per heavy atom. The first kappa shape index (κ1) is 23.8. The highest BCUT2D eigenvalue weighted by atomic mass is 16.5. The van der Waals surface area contributed by atoms with E-state index in [2.05, 4.69) is 15.6 Å². The number of methoxy groups -OCH3 is 1. The molecular weight excluding hydrogens is 408 g/mol. The molecule has 1 aliphatic heterocycles. The van der Waals surface area contributed by atoms with Crippen LogP contribution in [0.15, 0.2) is 47.6 Å². The Kier molecular flexibility index (Phi) is 10.1. The van der Waals surface area contributed by atoms with Crippen LogP contribution in [0.3, 0.4) is 0 Å². The van der Waals surface area contributed by atoms with Gasteiger partial charge in [0, 0.05) is 45.0 Å². The molecule has 3 rings (SSSR count). The topological polar surface area (TPSA) is 86.2 Å². The van der Waals surface area contributed by atoms with E-state index >= 15 is 0 Å². The minimum atomic E-state index is 0.0787. The molecule has 1 saturated heterocycles. The summed E-state index contributed by atoms with van der Waals surface area (Å²) < 4.78 is 21.9. The number of nitrogens with zero attached hydrogens (tertiary/aromatic N) is 2. The van der Waals surface area contributed by atoms with Gasteiger partial charge in [0.25, 0.3) is 0 Å². The Morgan fingerprint density at radius 3 is 2.81 bits per heavy atom. The monoisotopic (exact) mass is 442 g/mol. The third-order valence-electron chi connectivity index (χ3n) is 4.98. The molecule has 0 amide bonds. The Morgan fingerprint density at radius 2 is 2.06 bits per heavy atom. The van der Waals surface area contributed by atoms with Crippen LogP contribution in [0.1, 0.15) is 30.9 Å². The fourth-order valence-electron chi connectivity index (χ4n) is 3.19. The third-order valence-corrected chi connectivity index (χ3v) is 4.98. The molecule has 1 aliphatic rings. The zero-order valence-corrected chi connectivity index (χ0v) is 19.0. The zero-order valence-electron chi connectivity index (χ0n) is 19.0. The molecule has 0 aliphatic carbocycles. The van der Waals surface area contributed by atoms with Crippen molar-refractivity contribution in [3.05, 3.63) is 53.7 Å². The Balaban J connectivity index is 1.57. The Labute approximate surface area is 190 Å². The van der Waals surface area contributed by atoms with E-state index in [1.807, 2.05) is 43.3 Å². The van der Waals surface area contributed by atoms with Crippen LogP contribution in [0.5, 0.6) is 11.6 Å². The highest BCUT2D eigenvalue weighted by Crippen LogP contribution is 2.16. The number of pyridine rings is 1. The molecule has 1 unspecified atom stereocenters. The minimum absolute atomic E-state index is 0.0787. The third kappa shape index (κ3) is 8.36. The summed E-state index contributed by atoms with van der Waals surface area (Å²) in [5.41, 5.74) is 2.18. The number of hydrogen-bond donors (Lipinski definition) is 2. The van der Waals surface area contributed by atoms with E-state index in [1.165, 1.54) is 0 Å². The molecule has 2 heterocycles. The van der Waals surface area contributed by atoms with Gasteiger partial charge in [-0.05, 0) is 42.7 Å². The van der Waals surface area contributed by atoms with Crippen LogP contribution in [0.2, 0.25) is 0 Å². The van der Waals surface area contributed by atoms with Gasteiger partial charge in [-0.2, -0.15) is 0 Å². The molecule has 8 nitrogen and oxygen atoms in total. The molecule has 1 atom stereocenters. The van der Waals surface area contributed by atoms with E-state index in [1.54, 1.807) is 13.3 Å². The summed E-state index contributed by atoms with van der Waals surface area (Å²) in [5.74, 6) is 2.21. The van der Waals surface area contributed by atoms with Crippen molar-refractivity contribution >= 4 is 5.96 Å². The smallest absolute Gasteiger partial charge is 0.213 e. The lowest BCUT2D eigenvalue weighted by molar-refractivity contribution is 0.138. The maximum Gasteiger partial charge on any atom is 0.213 e. The second-order valence-electron chi connectivity index (χ2n) is 7.45.